The lowest BCUT2D eigenvalue weighted by molar-refractivity contribution is 0.0680. The van der Waals surface area contributed by atoms with E-state index in [0.717, 1.165) is 32.4 Å². The standard InChI is InChI=1S/C15H18F2N2OS.ClH/c16-15(17)21-13-5-1-10(2-6-13)14(20)19-11-3-4-12(19)9-18-8-7-11;/h1-2,5-6,11-12,15,18H,3-4,7-9H2;1H. The van der Waals surface area contributed by atoms with Crippen LogP contribution < -0.4 is 5.32 Å². The fourth-order valence-corrected chi connectivity index (χ4v) is 3.74. The van der Waals surface area contributed by atoms with Crippen LogP contribution in [0.2, 0.25) is 0 Å². The maximum Gasteiger partial charge on any atom is 0.288 e. The van der Waals surface area contributed by atoms with Gasteiger partial charge in [-0.25, -0.2) is 0 Å². The van der Waals surface area contributed by atoms with Crippen LogP contribution in [0.1, 0.15) is 29.6 Å². The summed E-state index contributed by atoms with van der Waals surface area (Å²) in [6.07, 6.45) is 3.10. The first-order valence-electron chi connectivity index (χ1n) is 7.23. The molecule has 1 N–H and O–H groups in total. The number of halogens is 3. The van der Waals surface area contributed by atoms with E-state index in [0.29, 0.717) is 28.3 Å². The number of nitrogens with one attached hydrogen (secondary N) is 1. The van der Waals surface area contributed by atoms with E-state index in [1.807, 2.05) is 4.90 Å². The fraction of sp³-hybridized carbons (Fsp3) is 0.533. The molecular formula is C15H19ClF2N2OS. The van der Waals surface area contributed by atoms with Gasteiger partial charge < -0.3 is 10.2 Å². The zero-order valence-electron chi connectivity index (χ0n) is 12.0. The predicted molar refractivity (Wildman–Crippen MR) is 86.0 cm³/mol. The topological polar surface area (TPSA) is 32.3 Å². The number of benzene rings is 1. The van der Waals surface area contributed by atoms with Crippen molar-refractivity contribution in [1.29, 1.82) is 0 Å². The molecule has 2 atom stereocenters. The van der Waals surface area contributed by atoms with Crippen molar-refractivity contribution in [1.82, 2.24) is 10.2 Å². The maximum atomic E-state index is 12.7. The van der Waals surface area contributed by atoms with E-state index < -0.39 is 5.76 Å². The monoisotopic (exact) mass is 348 g/mol. The second-order valence-corrected chi connectivity index (χ2v) is 6.56. The summed E-state index contributed by atoms with van der Waals surface area (Å²) in [4.78, 5) is 15.2. The van der Waals surface area contributed by atoms with Crippen LogP contribution in [0.3, 0.4) is 0 Å². The minimum atomic E-state index is -2.43. The van der Waals surface area contributed by atoms with E-state index in [2.05, 4.69) is 5.32 Å². The average Bonchev–Trinajstić information content (AvgIpc) is 2.71. The van der Waals surface area contributed by atoms with Gasteiger partial charge in [-0.3, -0.25) is 4.79 Å². The fourth-order valence-electron chi connectivity index (χ4n) is 3.24. The van der Waals surface area contributed by atoms with Gasteiger partial charge in [0.25, 0.3) is 11.7 Å². The molecule has 22 heavy (non-hydrogen) atoms. The zero-order chi connectivity index (χ0) is 14.8. The quantitative estimate of drug-likeness (QED) is 0.850. The van der Waals surface area contributed by atoms with Gasteiger partial charge in [0.15, 0.2) is 0 Å². The molecular weight excluding hydrogens is 330 g/mol. The van der Waals surface area contributed by atoms with Crippen molar-refractivity contribution in [3.63, 3.8) is 0 Å². The van der Waals surface area contributed by atoms with Crippen LogP contribution in [0.4, 0.5) is 8.78 Å². The third kappa shape index (κ3) is 3.73. The van der Waals surface area contributed by atoms with E-state index in [9.17, 15) is 13.6 Å². The molecule has 3 rings (SSSR count). The van der Waals surface area contributed by atoms with Crippen molar-refractivity contribution < 1.29 is 13.6 Å². The first kappa shape index (κ1) is 17.5. The Morgan fingerprint density at radius 1 is 1.18 bits per heavy atom. The molecule has 1 amide bonds. The molecule has 7 heteroatoms. The van der Waals surface area contributed by atoms with Gasteiger partial charge in [-0.05, 0) is 50.1 Å². The van der Waals surface area contributed by atoms with Crippen molar-refractivity contribution in [2.75, 3.05) is 13.1 Å². The summed E-state index contributed by atoms with van der Waals surface area (Å²) >= 11 is 0.503. The predicted octanol–water partition coefficient (Wildman–Crippen LogP) is 3.39. The number of nitrogens with zero attached hydrogens (tertiary/aromatic N) is 1. The molecule has 0 spiro atoms. The molecule has 2 unspecified atom stereocenters. The maximum absolute atomic E-state index is 12.7. The van der Waals surface area contributed by atoms with E-state index in [-0.39, 0.29) is 24.4 Å². The van der Waals surface area contributed by atoms with Crippen LogP contribution >= 0.6 is 24.2 Å². The third-order valence-electron chi connectivity index (χ3n) is 4.22. The van der Waals surface area contributed by atoms with Crippen LogP contribution in [-0.4, -0.2) is 41.7 Å². The summed E-state index contributed by atoms with van der Waals surface area (Å²) in [5.74, 6) is -2.40. The molecule has 2 aliphatic heterocycles. The first-order chi connectivity index (χ1) is 10.1. The zero-order valence-corrected chi connectivity index (χ0v) is 13.6. The number of alkyl halides is 2. The summed E-state index contributed by atoms with van der Waals surface area (Å²) in [5, 5.41) is 3.37. The third-order valence-corrected chi connectivity index (χ3v) is 4.94. The largest absolute Gasteiger partial charge is 0.331 e. The average molecular weight is 349 g/mol. The number of rotatable bonds is 3. The lowest BCUT2D eigenvalue weighted by Gasteiger charge is -2.28. The second kappa shape index (κ2) is 7.62. The highest BCUT2D eigenvalue weighted by Gasteiger charge is 2.38. The highest BCUT2D eigenvalue weighted by atomic mass is 35.5. The van der Waals surface area contributed by atoms with Crippen molar-refractivity contribution in [3.8, 4) is 0 Å². The van der Waals surface area contributed by atoms with Crippen LogP contribution in [0.15, 0.2) is 29.2 Å². The molecule has 2 aliphatic rings. The second-order valence-electron chi connectivity index (χ2n) is 5.49. The van der Waals surface area contributed by atoms with E-state index in [1.54, 1.807) is 24.3 Å². The minimum absolute atomic E-state index is 0. The Morgan fingerprint density at radius 3 is 2.55 bits per heavy atom. The Hall–Kier alpha value is -0.850. The molecule has 2 heterocycles. The number of hydrogen-bond donors (Lipinski definition) is 1. The van der Waals surface area contributed by atoms with Crippen LogP contribution in [0, 0.1) is 0 Å². The number of amides is 1. The Balaban J connectivity index is 0.00000176. The molecule has 0 aromatic heterocycles. The van der Waals surface area contributed by atoms with Gasteiger partial charge in [0.1, 0.15) is 0 Å². The van der Waals surface area contributed by atoms with Crippen molar-refractivity contribution in [2.45, 2.75) is 42.0 Å². The summed E-state index contributed by atoms with van der Waals surface area (Å²) < 4.78 is 24.6. The Kier molecular flexibility index (Phi) is 6.06. The lowest BCUT2D eigenvalue weighted by Crippen LogP contribution is -2.42. The van der Waals surface area contributed by atoms with Gasteiger partial charge in [0.2, 0.25) is 0 Å². The highest BCUT2D eigenvalue weighted by molar-refractivity contribution is 7.99. The molecule has 1 aromatic rings. The number of fused-ring (bicyclic) bond motifs is 2. The van der Waals surface area contributed by atoms with Crippen LogP contribution in [-0.2, 0) is 0 Å². The van der Waals surface area contributed by atoms with Crippen molar-refractivity contribution in [2.24, 2.45) is 0 Å². The normalized spacial score (nSPS) is 24.0. The SMILES string of the molecule is Cl.O=C(c1ccc(SC(F)F)cc1)N1C2CCNCC1CC2. The van der Waals surface area contributed by atoms with Gasteiger partial charge in [0.05, 0.1) is 0 Å². The van der Waals surface area contributed by atoms with E-state index >= 15 is 0 Å². The summed E-state index contributed by atoms with van der Waals surface area (Å²) in [5.41, 5.74) is 0.590. The number of hydrogen-bond acceptors (Lipinski definition) is 3. The summed E-state index contributed by atoms with van der Waals surface area (Å²) in [6, 6.07) is 7.09. The van der Waals surface area contributed by atoms with E-state index in [4.69, 9.17) is 0 Å². The number of carbonyl (C=O) groups excluding carboxylic acids is 1. The number of thioether (sulfide) groups is 1. The molecule has 2 saturated heterocycles. The Bertz CT molecular complexity index is 501. The first-order valence-corrected chi connectivity index (χ1v) is 8.11. The van der Waals surface area contributed by atoms with Gasteiger partial charge in [-0.2, -0.15) is 8.78 Å². The van der Waals surface area contributed by atoms with Gasteiger partial charge in [-0.1, -0.05) is 11.8 Å². The van der Waals surface area contributed by atoms with Gasteiger partial charge in [-0.15, -0.1) is 12.4 Å². The molecule has 2 bridgehead atoms. The Morgan fingerprint density at radius 2 is 1.86 bits per heavy atom. The van der Waals surface area contributed by atoms with Gasteiger partial charge in [0, 0.05) is 29.1 Å². The molecule has 122 valence electrons. The molecule has 0 saturated carbocycles. The van der Waals surface area contributed by atoms with Gasteiger partial charge >= 0.3 is 0 Å². The molecule has 0 aliphatic carbocycles. The minimum Gasteiger partial charge on any atom is -0.331 e. The molecule has 1 aromatic carbocycles. The molecule has 3 nitrogen and oxygen atoms in total. The smallest absolute Gasteiger partial charge is 0.288 e. The summed E-state index contributed by atoms with van der Waals surface area (Å²) in [6.45, 7) is 1.80. The number of carbonyl (C=O) groups is 1. The Labute approximate surface area is 139 Å². The highest BCUT2D eigenvalue weighted by Crippen LogP contribution is 2.30. The van der Waals surface area contributed by atoms with Crippen molar-refractivity contribution >= 4 is 30.1 Å². The van der Waals surface area contributed by atoms with Crippen molar-refractivity contribution in [3.05, 3.63) is 29.8 Å². The molecule has 2 fully saturated rings. The lowest BCUT2D eigenvalue weighted by atomic mass is 10.1. The molecule has 0 radical (unpaired) electrons. The van der Waals surface area contributed by atoms with Crippen LogP contribution in [0.5, 0.6) is 0 Å². The van der Waals surface area contributed by atoms with E-state index in [1.165, 1.54) is 0 Å². The summed E-state index contributed by atoms with van der Waals surface area (Å²) in [7, 11) is 0. The van der Waals surface area contributed by atoms with Crippen LogP contribution in [0.25, 0.3) is 0 Å².